The quantitative estimate of drug-likeness (QED) is 0.274. The van der Waals surface area contributed by atoms with Crippen molar-refractivity contribution in [2.75, 3.05) is 18.2 Å². The number of hydrogen-bond acceptors (Lipinski definition) is 6. The summed E-state index contributed by atoms with van der Waals surface area (Å²) in [7, 11) is 1.63. The van der Waals surface area contributed by atoms with E-state index in [1.165, 1.54) is 18.7 Å². The van der Waals surface area contributed by atoms with Crippen molar-refractivity contribution in [1.29, 1.82) is 0 Å². The molecule has 0 aliphatic heterocycles. The molecule has 0 fully saturated rings. The highest BCUT2D eigenvalue weighted by atomic mass is 32.2. The van der Waals surface area contributed by atoms with Crippen LogP contribution >= 0.6 is 11.8 Å². The molecule has 0 spiro atoms. The van der Waals surface area contributed by atoms with Gasteiger partial charge in [-0.15, -0.1) is 10.2 Å². The summed E-state index contributed by atoms with van der Waals surface area (Å²) in [6, 6.07) is 24.5. The van der Waals surface area contributed by atoms with E-state index in [0.29, 0.717) is 28.8 Å². The van der Waals surface area contributed by atoms with Crippen molar-refractivity contribution in [2.24, 2.45) is 0 Å². The second kappa shape index (κ2) is 10.8. The van der Waals surface area contributed by atoms with Crippen LogP contribution in [0.1, 0.15) is 22.8 Å². The van der Waals surface area contributed by atoms with E-state index in [1.807, 2.05) is 59.2 Å². The van der Waals surface area contributed by atoms with Gasteiger partial charge in [0, 0.05) is 16.8 Å². The Morgan fingerprint density at radius 1 is 0.941 bits per heavy atom. The zero-order valence-corrected chi connectivity index (χ0v) is 19.7. The van der Waals surface area contributed by atoms with Crippen LogP contribution in [-0.4, -0.2) is 39.3 Å². The molecular formula is C26H24N4O3S. The molecule has 34 heavy (non-hydrogen) atoms. The van der Waals surface area contributed by atoms with Crippen LogP contribution in [0.4, 0.5) is 5.69 Å². The highest BCUT2D eigenvalue weighted by molar-refractivity contribution is 7.99. The third kappa shape index (κ3) is 5.71. The predicted molar refractivity (Wildman–Crippen MR) is 133 cm³/mol. The summed E-state index contributed by atoms with van der Waals surface area (Å²) in [6.07, 6.45) is 0. The number of nitrogens with one attached hydrogen (secondary N) is 1. The number of thioether (sulfide) groups is 1. The maximum absolute atomic E-state index is 12.6. The topological polar surface area (TPSA) is 86.1 Å². The Kier molecular flexibility index (Phi) is 7.39. The Bertz CT molecular complexity index is 1270. The number of Topliss-reactive ketones (excluding diaryl/α,β-unsaturated/α-hetero) is 1. The number of amides is 1. The lowest BCUT2D eigenvalue weighted by atomic mass is 10.1. The first-order valence-corrected chi connectivity index (χ1v) is 11.7. The maximum atomic E-state index is 12.6. The molecule has 0 saturated carbocycles. The van der Waals surface area contributed by atoms with Crippen molar-refractivity contribution < 1.29 is 14.3 Å². The molecule has 172 valence electrons. The fourth-order valence-corrected chi connectivity index (χ4v) is 4.11. The van der Waals surface area contributed by atoms with E-state index in [1.54, 1.807) is 31.4 Å². The summed E-state index contributed by atoms with van der Waals surface area (Å²) >= 11 is 1.32. The van der Waals surface area contributed by atoms with Crippen molar-refractivity contribution in [3.63, 3.8) is 0 Å². The first-order valence-electron chi connectivity index (χ1n) is 10.7. The predicted octanol–water partition coefficient (Wildman–Crippen LogP) is 4.94. The standard InChI is InChI=1S/C26H24N4O3S/c1-18(31)20-8-12-22(13-9-20)27-24(32)17-34-26-29-28-25(21-10-14-23(33-2)15-11-21)30(26)16-19-6-4-3-5-7-19/h3-15H,16-17H2,1-2H3,(H,27,32). The smallest absolute Gasteiger partial charge is 0.234 e. The monoisotopic (exact) mass is 472 g/mol. The van der Waals surface area contributed by atoms with E-state index in [2.05, 4.69) is 15.5 Å². The average Bonchev–Trinajstić information content (AvgIpc) is 3.26. The number of carbonyl (C=O) groups is 2. The summed E-state index contributed by atoms with van der Waals surface area (Å²) in [5.74, 6) is 1.47. The lowest BCUT2D eigenvalue weighted by molar-refractivity contribution is -0.113. The number of hydrogen-bond donors (Lipinski definition) is 1. The van der Waals surface area contributed by atoms with E-state index < -0.39 is 0 Å². The molecule has 1 aromatic heterocycles. The Hall–Kier alpha value is -3.91. The number of ketones is 1. The summed E-state index contributed by atoms with van der Waals surface area (Å²) < 4.78 is 7.27. The molecule has 0 unspecified atom stereocenters. The molecule has 0 saturated heterocycles. The number of rotatable bonds is 9. The first kappa shape index (κ1) is 23.3. The van der Waals surface area contributed by atoms with Gasteiger partial charge in [0.05, 0.1) is 19.4 Å². The molecule has 3 aromatic carbocycles. The van der Waals surface area contributed by atoms with Crippen LogP contribution < -0.4 is 10.1 Å². The summed E-state index contributed by atoms with van der Waals surface area (Å²) in [5, 5.41) is 12.3. The van der Waals surface area contributed by atoms with Crippen LogP contribution in [0.25, 0.3) is 11.4 Å². The number of methoxy groups -OCH3 is 1. The van der Waals surface area contributed by atoms with Crippen molar-refractivity contribution in [2.45, 2.75) is 18.6 Å². The van der Waals surface area contributed by atoms with Crippen LogP contribution in [0.3, 0.4) is 0 Å². The summed E-state index contributed by atoms with van der Waals surface area (Å²) in [4.78, 5) is 24.0. The third-order valence-corrected chi connectivity index (χ3v) is 6.12. The van der Waals surface area contributed by atoms with E-state index >= 15 is 0 Å². The number of carbonyl (C=O) groups excluding carboxylic acids is 2. The zero-order valence-electron chi connectivity index (χ0n) is 18.9. The Labute approximate surface area is 202 Å². The van der Waals surface area contributed by atoms with Gasteiger partial charge in [0.1, 0.15) is 5.75 Å². The Morgan fingerprint density at radius 2 is 1.65 bits per heavy atom. The van der Waals surface area contributed by atoms with E-state index in [9.17, 15) is 9.59 Å². The van der Waals surface area contributed by atoms with Crippen LogP contribution in [0.2, 0.25) is 0 Å². The van der Waals surface area contributed by atoms with Gasteiger partial charge >= 0.3 is 0 Å². The molecule has 1 heterocycles. The van der Waals surface area contributed by atoms with Gasteiger partial charge in [0.15, 0.2) is 16.8 Å². The van der Waals surface area contributed by atoms with Crippen molar-refractivity contribution in [1.82, 2.24) is 14.8 Å². The van der Waals surface area contributed by atoms with Gasteiger partial charge in [-0.3, -0.25) is 14.2 Å². The minimum absolute atomic E-state index is 0.0150. The lowest BCUT2D eigenvalue weighted by Crippen LogP contribution is -2.15. The van der Waals surface area contributed by atoms with Crippen molar-refractivity contribution in [3.05, 3.63) is 90.0 Å². The molecule has 4 aromatic rings. The van der Waals surface area contributed by atoms with Gasteiger partial charge < -0.3 is 10.1 Å². The third-order valence-electron chi connectivity index (χ3n) is 5.16. The lowest BCUT2D eigenvalue weighted by Gasteiger charge is -2.11. The van der Waals surface area contributed by atoms with Crippen molar-refractivity contribution >= 4 is 29.1 Å². The second-order valence-corrected chi connectivity index (χ2v) is 8.52. The molecule has 1 N–H and O–H groups in total. The summed E-state index contributed by atoms with van der Waals surface area (Å²) in [6.45, 7) is 2.09. The molecule has 8 heteroatoms. The molecule has 1 amide bonds. The van der Waals surface area contributed by atoms with E-state index in [-0.39, 0.29) is 17.4 Å². The normalized spacial score (nSPS) is 10.6. The SMILES string of the molecule is COc1ccc(-c2nnc(SCC(=O)Nc3ccc(C(C)=O)cc3)n2Cc2ccccc2)cc1. The molecule has 4 rings (SSSR count). The van der Waals surface area contributed by atoms with Gasteiger partial charge in [0.2, 0.25) is 5.91 Å². The highest BCUT2D eigenvalue weighted by Crippen LogP contribution is 2.27. The molecule has 0 aliphatic carbocycles. The molecule has 7 nitrogen and oxygen atoms in total. The van der Waals surface area contributed by atoms with Gasteiger partial charge in [-0.2, -0.15) is 0 Å². The number of aromatic nitrogens is 3. The van der Waals surface area contributed by atoms with Crippen LogP contribution in [0.15, 0.2) is 84.0 Å². The minimum atomic E-state index is -0.166. The molecular weight excluding hydrogens is 448 g/mol. The number of ether oxygens (including phenoxy) is 1. The highest BCUT2D eigenvalue weighted by Gasteiger charge is 2.16. The minimum Gasteiger partial charge on any atom is -0.497 e. The Balaban J connectivity index is 1.51. The molecule has 0 aliphatic rings. The van der Waals surface area contributed by atoms with Gasteiger partial charge in [-0.05, 0) is 61.0 Å². The van der Waals surface area contributed by atoms with Crippen LogP contribution in [-0.2, 0) is 11.3 Å². The van der Waals surface area contributed by atoms with E-state index in [4.69, 9.17) is 4.74 Å². The average molecular weight is 473 g/mol. The summed E-state index contributed by atoms with van der Waals surface area (Å²) in [5.41, 5.74) is 3.26. The van der Waals surface area contributed by atoms with Gasteiger partial charge in [0.25, 0.3) is 0 Å². The fourth-order valence-electron chi connectivity index (χ4n) is 3.37. The molecule has 0 bridgehead atoms. The van der Waals surface area contributed by atoms with Crippen molar-refractivity contribution in [3.8, 4) is 17.1 Å². The van der Waals surface area contributed by atoms with Crippen LogP contribution in [0, 0.1) is 0 Å². The maximum Gasteiger partial charge on any atom is 0.234 e. The number of benzene rings is 3. The van der Waals surface area contributed by atoms with E-state index in [0.717, 1.165) is 16.9 Å². The zero-order chi connectivity index (χ0) is 23.9. The molecule has 0 atom stereocenters. The number of nitrogens with zero attached hydrogens (tertiary/aromatic N) is 3. The molecule has 0 radical (unpaired) electrons. The Morgan fingerprint density at radius 3 is 2.29 bits per heavy atom. The largest absolute Gasteiger partial charge is 0.497 e. The van der Waals surface area contributed by atoms with Gasteiger partial charge in [-0.25, -0.2) is 0 Å². The van der Waals surface area contributed by atoms with Crippen LogP contribution in [0.5, 0.6) is 5.75 Å². The first-order chi connectivity index (χ1) is 16.5. The van der Waals surface area contributed by atoms with Gasteiger partial charge in [-0.1, -0.05) is 42.1 Å². The fraction of sp³-hybridized carbons (Fsp3) is 0.154. The number of anilines is 1. The second-order valence-electron chi connectivity index (χ2n) is 7.58.